The molecule has 0 amide bonds. The number of hydrogen-bond acceptors (Lipinski definition) is 5. The van der Waals surface area contributed by atoms with E-state index in [0.717, 1.165) is 12.1 Å². The minimum Gasteiger partial charge on any atom is -0.396 e. The summed E-state index contributed by atoms with van der Waals surface area (Å²) >= 11 is 0. The van der Waals surface area contributed by atoms with Crippen molar-refractivity contribution in [1.82, 2.24) is 4.72 Å². The van der Waals surface area contributed by atoms with Crippen molar-refractivity contribution in [2.45, 2.75) is 18.7 Å². The molecule has 0 atom stereocenters. The highest BCUT2D eigenvalue weighted by Crippen LogP contribution is 2.17. The van der Waals surface area contributed by atoms with Crippen LogP contribution in [0.4, 0.5) is 5.69 Å². The Morgan fingerprint density at radius 3 is 2.26 bits per heavy atom. The highest BCUT2D eigenvalue weighted by molar-refractivity contribution is 7.89. The second-order valence-electron chi connectivity index (χ2n) is 4.90. The Hall–Kier alpha value is -1.51. The summed E-state index contributed by atoms with van der Waals surface area (Å²) in [6, 6.07) is 4.61. The van der Waals surface area contributed by atoms with Crippen LogP contribution in [0.1, 0.15) is 13.8 Å². The summed E-state index contributed by atoms with van der Waals surface area (Å²) in [6.07, 6.45) is 0. The second kappa shape index (κ2) is 5.64. The first kappa shape index (κ1) is 15.5. The van der Waals surface area contributed by atoms with Gasteiger partial charge in [0.1, 0.15) is 0 Å². The molecule has 0 spiro atoms. The molecule has 1 rings (SSSR count). The first-order valence-corrected chi connectivity index (χ1v) is 7.01. The Balaban J connectivity index is 2.86. The number of rotatable bonds is 6. The highest BCUT2D eigenvalue weighted by Gasteiger charge is 2.22. The van der Waals surface area contributed by atoms with Gasteiger partial charge in [0.15, 0.2) is 0 Å². The van der Waals surface area contributed by atoms with E-state index in [9.17, 15) is 18.5 Å². The van der Waals surface area contributed by atoms with Crippen molar-refractivity contribution < 1.29 is 18.4 Å². The molecule has 7 nitrogen and oxygen atoms in total. The van der Waals surface area contributed by atoms with Gasteiger partial charge < -0.3 is 5.11 Å². The summed E-state index contributed by atoms with van der Waals surface area (Å²) in [5.74, 6) is 0. The van der Waals surface area contributed by atoms with Crippen molar-refractivity contribution in [1.29, 1.82) is 0 Å². The van der Waals surface area contributed by atoms with Crippen LogP contribution in [0.3, 0.4) is 0 Å². The average molecular weight is 288 g/mol. The Bertz CT molecular complexity index is 551. The molecule has 1 aromatic rings. The zero-order chi connectivity index (χ0) is 14.7. The quantitative estimate of drug-likeness (QED) is 0.596. The molecule has 0 aliphatic rings. The van der Waals surface area contributed by atoms with Crippen molar-refractivity contribution in [3.63, 3.8) is 0 Å². The molecule has 0 aliphatic carbocycles. The summed E-state index contributed by atoms with van der Waals surface area (Å²) in [5.41, 5.74) is -0.747. The van der Waals surface area contributed by atoms with Gasteiger partial charge in [0.2, 0.25) is 10.0 Å². The molecule has 0 unspecified atom stereocenters. The van der Waals surface area contributed by atoms with Gasteiger partial charge in [-0.3, -0.25) is 10.1 Å². The summed E-state index contributed by atoms with van der Waals surface area (Å²) in [7, 11) is -3.73. The SMILES string of the molecule is CC(C)(CO)CNS(=O)(=O)c1ccc([N+](=O)[O-])cc1. The number of nitro groups is 1. The van der Waals surface area contributed by atoms with Crippen LogP contribution in [-0.2, 0) is 10.0 Å². The average Bonchev–Trinajstić information content (AvgIpc) is 2.37. The first-order chi connectivity index (χ1) is 8.68. The largest absolute Gasteiger partial charge is 0.396 e. The smallest absolute Gasteiger partial charge is 0.269 e. The van der Waals surface area contributed by atoms with Gasteiger partial charge in [-0.05, 0) is 12.1 Å². The Labute approximate surface area is 111 Å². The van der Waals surface area contributed by atoms with E-state index in [4.69, 9.17) is 5.11 Å². The van der Waals surface area contributed by atoms with Gasteiger partial charge >= 0.3 is 0 Å². The Kier molecular flexibility index (Phi) is 4.61. The van der Waals surface area contributed by atoms with Crippen LogP contribution in [0.25, 0.3) is 0 Å². The number of nitrogens with one attached hydrogen (secondary N) is 1. The number of hydrogen-bond donors (Lipinski definition) is 2. The Morgan fingerprint density at radius 1 is 1.32 bits per heavy atom. The molecule has 0 heterocycles. The van der Waals surface area contributed by atoms with Crippen LogP contribution in [-0.4, -0.2) is 31.6 Å². The van der Waals surface area contributed by atoms with Gasteiger partial charge in [-0.2, -0.15) is 0 Å². The molecule has 0 bridgehead atoms. The third kappa shape index (κ3) is 4.27. The van der Waals surface area contributed by atoms with Gasteiger partial charge in [0, 0.05) is 30.7 Å². The van der Waals surface area contributed by atoms with E-state index in [1.165, 1.54) is 12.1 Å². The molecule has 0 saturated carbocycles. The van der Waals surface area contributed by atoms with Crippen molar-refractivity contribution >= 4 is 15.7 Å². The van der Waals surface area contributed by atoms with Crippen molar-refractivity contribution in [2.24, 2.45) is 5.41 Å². The second-order valence-corrected chi connectivity index (χ2v) is 6.66. The van der Waals surface area contributed by atoms with Gasteiger partial charge in [0.25, 0.3) is 5.69 Å². The minimum atomic E-state index is -3.73. The summed E-state index contributed by atoms with van der Waals surface area (Å²) in [5, 5.41) is 19.5. The number of sulfonamides is 1. The zero-order valence-corrected chi connectivity index (χ0v) is 11.5. The standard InChI is InChI=1S/C11H16N2O5S/c1-11(2,8-14)7-12-19(17,18)10-5-3-9(4-6-10)13(15)16/h3-6,12,14H,7-8H2,1-2H3. The van der Waals surface area contributed by atoms with E-state index in [-0.39, 0.29) is 23.7 Å². The van der Waals surface area contributed by atoms with Gasteiger partial charge in [-0.15, -0.1) is 0 Å². The molecule has 0 saturated heterocycles. The maximum Gasteiger partial charge on any atom is 0.269 e. The lowest BCUT2D eigenvalue weighted by Gasteiger charge is -2.21. The van der Waals surface area contributed by atoms with E-state index in [0.29, 0.717) is 0 Å². The number of aliphatic hydroxyl groups excluding tert-OH is 1. The van der Waals surface area contributed by atoms with Crippen molar-refractivity contribution in [3.8, 4) is 0 Å². The molecular weight excluding hydrogens is 272 g/mol. The molecule has 0 aliphatic heterocycles. The van der Waals surface area contributed by atoms with E-state index in [1.807, 2.05) is 0 Å². The van der Waals surface area contributed by atoms with Gasteiger partial charge in [-0.25, -0.2) is 13.1 Å². The minimum absolute atomic E-state index is 0.0492. The van der Waals surface area contributed by atoms with Crippen molar-refractivity contribution in [2.75, 3.05) is 13.2 Å². The predicted molar refractivity (Wildman–Crippen MR) is 69.2 cm³/mol. The number of benzene rings is 1. The molecule has 2 N–H and O–H groups in total. The Morgan fingerprint density at radius 2 is 1.84 bits per heavy atom. The number of aliphatic hydroxyl groups is 1. The van der Waals surface area contributed by atoms with Crippen LogP contribution in [0.15, 0.2) is 29.2 Å². The topological polar surface area (TPSA) is 110 Å². The normalized spacial score (nSPS) is 12.4. The molecule has 0 radical (unpaired) electrons. The lowest BCUT2D eigenvalue weighted by atomic mass is 9.96. The number of nitro benzene ring substituents is 1. The van der Waals surface area contributed by atoms with Gasteiger partial charge in [-0.1, -0.05) is 13.8 Å². The fourth-order valence-electron chi connectivity index (χ4n) is 1.18. The van der Waals surface area contributed by atoms with Crippen LogP contribution in [0, 0.1) is 15.5 Å². The molecular formula is C11H16N2O5S. The zero-order valence-electron chi connectivity index (χ0n) is 10.7. The summed E-state index contributed by atoms with van der Waals surface area (Å²) in [4.78, 5) is 9.82. The molecule has 0 aromatic heterocycles. The van der Waals surface area contributed by atoms with E-state index in [1.54, 1.807) is 13.8 Å². The molecule has 1 aromatic carbocycles. The fourth-order valence-corrected chi connectivity index (χ4v) is 2.42. The van der Waals surface area contributed by atoms with Crippen LogP contribution < -0.4 is 4.72 Å². The predicted octanol–water partition coefficient (Wildman–Crippen LogP) is 0.892. The fraction of sp³-hybridized carbons (Fsp3) is 0.455. The number of non-ortho nitro benzene ring substituents is 1. The van der Waals surface area contributed by atoms with Gasteiger partial charge in [0.05, 0.1) is 9.82 Å². The number of nitrogens with zero attached hydrogens (tertiary/aromatic N) is 1. The van der Waals surface area contributed by atoms with Crippen LogP contribution in [0.2, 0.25) is 0 Å². The molecule has 106 valence electrons. The maximum absolute atomic E-state index is 11.9. The van der Waals surface area contributed by atoms with Crippen molar-refractivity contribution in [3.05, 3.63) is 34.4 Å². The summed E-state index contributed by atoms with van der Waals surface area (Å²) < 4.78 is 26.2. The lowest BCUT2D eigenvalue weighted by molar-refractivity contribution is -0.384. The third-order valence-corrected chi connectivity index (χ3v) is 3.94. The lowest BCUT2D eigenvalue weighted by Crippen LogP contribution is -2.36. The van der Waals surface area contributed by atoms with Crippen LogP contribution in [0.5, 0.6) is 0 Å². The van der Waals surface area contributed by atoms with E-state index in [2.05, 4.69) is 4.72 Å². The highest BCUT2D eigenvalue weighted by atomic mass is 32.2. The van der Waals surface area contributed by atoms with Crippen LogP contribution >= 0.6 is 0 Å². The molecule has 8 heteroatoms. The van der Waals surface area contributed by atoms with E-state index >= 15 is 0 Å². The third-order valence-electron chi connectivity index (χ3n) is 2.53. The monoisotopic (exact) mass is 288 g/mol. The maximum atomic E-state index is 11.9. The molecule has 0 fully saturated rings. The van der Waals surface area contributed by atoms with E-state index < -0.39 is 20.4 Å². The summed E-state index contributed by atoms with van der Waals surface area (Å²) in [6.45, 7) is 3.34. The molecule has 19 heavy (non-hydrogen) atoms. The first-order valence-electron chi connectivity index (χ1n) is 5.53.